The van der Waals surface area contributed by atoms with Crippen LogP contribution in [0.25, 0.3) is 0 Å². The van der Waals surface area contributed by atoms with E-state index in [1.165, 1.54) is 24.3 Å². The van der Waals surface area contributed by atoms with Gasteiger partial charge in [0.2, 0.25) is 29.5 Å². The second kappa shape index (κ2) is 20.3. The zero-order chi connectivity index (χ0) is 40.0. The Labute approximate surface area is 303 Å². The van der Waals surface area contributed by atoms with Crippen LogP contribution in [0.5, 0.6) is 5.75 Å². The Morgan fingerprint density at radius 3 is 1.89 bits per heavy atom. The van der Waals surface area contributed by atoms with Gasteiger partial charge in [-0.15, -0.1) is 0 Å². The Morgan fingerprint density at radius 2 is 1.34 bits per heavy atom. The molecule has 6 unspecified atom stereocenters. The van der Waals surface area contributed by atoms with Gasteiger partial charge >= 0.3 is 23.9 Å². The van der Waals surface area contributed by atoms with E-state index >= 15 is 0 Å². The van der Waals surface area contributed by atoms with Crippen molar-refractivity contribution in [1.82, 2.24) is 26.2 Å². The van der Waals surface area contributed by atoms with Crippen LogP contribution in [0.2, 0.25) is 0 Å². The molecule has 0 saturated carbocycles. The quantitative estimate of drug-likeness (QED) is 0.0658. The molecule has 0 bridgehead atoms. The highest BCUT2D eigenvalue weighted by Crippen LogP contribution is 2.20. The number of aromatic hydroxyl groups is 1. The third-order valence-corrected chi connectivity index (χ3v) is 8.36. The number of carboxylic acid groups (broad SMARTS) is 4. The van der Waals surface area contributed by atoms with Crippen LogP contribution >= 0.6 is 0 Å². The summed E-state index contributed by atoms with van der Waals surface area (Å²) in [4.78, 5) is 113. The molecule has 11 N–H and O–H groups in total. The highest BCUT2D eigenvalue weighted by molar-refractivity contribution is 5.98. The maximum atomic E-state index is 13.7. The number of nitrogens with one attached hydrogen (secondary N) is 4. The van der Waals surface area contributed by atoms with Gasteiger partial charge in [-0.3, -0.25) is 38.4 Å². The molecule has 0 radical (unpaired) electrons. The molecule has 53 heavy (non-hydrogen) atoms. The molecular formula is C33H46N6O14. The van der Waals surface area contributed by atoms with E-state index < -0.39 is 121 Å². The summed E-state index contributed by atoms with van der Waals surface area (Å²) in [6, 6.07) is -3.20. The number of carboxylic acids is 4. The first kappa shape index (κ1) is 43.4. The molecule has 1 aliphatic rings. The van der Waals surface area contributed by atoms with E-state index in [1.807, 2.05) is 0 Å². The van der Waals surface area contributed by atoms with Gasteiger partial charge in [-0.1, -0.05) is 26.0 Å². The first-order valence-corrected chi connectivity index (χ1v) is 16.7. The van der Waals surface area contributed by atoms with Crippen molar-refractivity contribution in [2.75, 3.05) is 6.54 Å². The first-order chi connectivity index (χ1) is 24.8. The van der Waals surface area contributed by atoms with Gasteiger partial charge in [0.15, 0.2) is 0 Å². The van der Waals surface area contributed by atoms with Crippen LogP contribution < -0.4 is 27.0 Å². The van der Waals surface area contributed by atoms with E-state index in [4.69, 9.17) is 10.8 Å². The summed E-state index contributed by atoms with van der Waals surface area (Å²) in [6.45, 7) is 3.03. The van der Waals surface area contributed by atoms with Crippen molar-refractivity contribution in [3.8, 4) is 5.75 Å². The molecule has 6 atom stereocenters. The van der Waals surface area contributed by atoms with E-state index in [-0.39, 0.29) is 38.0 Å². The van der Waals surface area contributed by atoms with Crippen molar-refractivity contribution in [2.45, 2.75) is 101 Å². The van der Waals surface area contributed by atoms with Crippen molar-refractivity contribution in [3.63, 3.8) is 0 Å². The second-order valence-corrected chi connectivity index (χ2v) is 12.9. The van der Waals surface area contributed by atoms with Gasteiger partial charge in [-0.05, 0) is 49.3 Å². The standard InChI is InChI=1S/C33H46N6O14/c1-16(2)27(38-28(47)19(34)9-11-24(41)42)31(50)36-21(15-26(45)46)32(51)39-13-3-4-23(39)30(49)35-20(10-12-25(43)44)29(48)37-22(33(52)53)14-17-5-7-18(40)8-6-17/h5-8,16,19-23,27,40H,3-4,9-15,34H2,1-2H3,(H,35,49)(H,36,50)(H,37,48)(H,38,47)(H,41,42)(H,43,44)(H,45,46)(H,52,53). The molecule has 0 spiro atoms. The molecule has 5 amide bonds. The summed E-state index contributed by atoms with van der Waals surface area (Å²) in [7, 11) is 0. The van der Waals surface area contributed by atoms with Gasteiger partial charge in [0.25, 0.3) is 0 Å². The molecule has 0 aliphatic carbocycles. The molecule has 292 valence electrons. The number of nitrogens with two attached hydrogens (primary N) is 1. The Balaban J connectivity index is 2.24. The number of hydrogen-bond acceptors (Lipinski definition) is 11. The number of carbonyl (C=O) groups is 9. The summed E-state index contributed by atoms with van der Waals surface area (Å²) in [5, 5.41) is 56.2. The van der Waals surface area contributed by atoms with Gasteiger partial charge in [-0.2, -0.15) is 0 Å². The number of nitrogens with zero attached hydrogens (tertiary/aromatic N) is 1. The number of aliphatic carboxylic acids is 4. The maximum Gasteiger partial charge on any atom is 0.326 e. The van der Waals surface area contributed by atoms with E-state index in [1.54, 1.807) is 13.8 Å². The fourth-order valence-corrected chi connectivity index (χ4v) is 5.49. The Hall–Kier alpha value is -5.79. The topological polar surface area (TPSA) is 332 Å². The number of hydrogen-bond donors (Lipinski definition) is 10. The Bertz CT molecular complexity index is 1530. The molecule has 2 rings (SSSR count). The molecule has 20 heteroatoms. The minimum Gasteiger partial charge on any atom is -0.508 e. The molecular weight excluding hydrogens is 704 g/mol. The first-order valence-electron chi connectivity index (χ1n) is 16.7. The van der Waals surface area contributed by atoms with Gasteiger partial charge in [0.1, 0.15) is 36.0 Å². The van der Waals surface area contributed by atoms with Crippen LogP contribution in [-0.4, -0.2) is 127 Å². The highest BCUT2D eigenvalue weighted by atomic mass is 16.4. The van der Waals surface area contributed by atoms with Gasteiger partial charge < -0.3 is 57.4 Å². The fraction of sp³-hybridized carbons (Fsp3) is 0.545. The van der Waals surface area contributed by atoms with E-state index in [0.29, 0.717) is 5.56 Å². The van der Waals surface area contributed by atoms with E-state index in [0.717, 1.165) is 4.90 Å². The largest absolute Gasteiger partial charge is 0.508 e. The third-order valence-electron chi connectivity index (χ3n) is 8.36. The zero-order valence-corrected chi connectivity index (χ0v) is 29.1. The summed E-state index contributed by atoms with van der Waals surface area (Å²) in [5.74, 6) is -10.8. The fourth-order valence-electron chi connectivity index (χ4n) is 5.49. The Morgan fingerprint density at radius 1 is 0.755 bits per heavy atom. The molecule has 1 aromatic carbocycles. The van der Waals surface area contributed by atoms with Crippen molar-refractivity contribution >= 4 is 53.4 Å². The molecule has 20 nitrogen and oxygen atoms in total. The molecule has 0 aromatic heterocycles. The lowest BCUT2D eigenvalue weighted by Gasteiger charge is -2.31. The Kier molecular flexibility index (Phi) is 16.6. The predicted molar refractivity (Wildman–Crippen MR) is 181 cm³/mol. The van der Waals surface area contributed by atoms with Crippen LogP contribution in [0.1, 0.15) is 64.4 Å². The predicted octanol–water partition coefficient (Wildman–Crippen LogP) is -1.86. The van der Waals surface area contributed by atoms with Crippen LogP contribution in [0.4, 0.5) is 0 Å². The number of amides is 5. The minimum atomic E-state index is -1.73. The minimum absolute atomic E-state index is 0.0378. The monoisotopic (exact) mass is 750 g/mol. The van der Waals surface area contributed by atoms with Crippen LogP contribution in [-0.2, 0) is 49.6 Å². The van der Waals surface area contributed by atoms with Crippen molar-refractivity contribution in [3.05, 3.63) is 29.8 Å². The molecule has 1 fully saturated rings. The molecule has 1 aliphatic heterocycles. The molecule has 1 heterocycles. The number of benzene rings is 1. The summed E-state index contributed by atoms with van der Waals surface area (Å²) in [5.41, 5.74) is 6.18. The van der Waals surface area contributed by atoms with E-state index in [2.05, 4.69) is 21.3 Å². The summed E-state index contributed by atoms with van der Waals surface area (Å²) >= 11 is 0. The number of phenols is 1. The van der Waals surface area contributed by atoms with Gasteiger partial charge in [0, 0.05) is 25.8 Å². The molecule has 1 aromatic rings. The van der Waals surface area contributed by atoms with Gasteiger partial charge in [0.05, 0.1) is 12.5 Å². The van der Waals surface area contributed by atoms with Gasteiger partial charge in [-0.25, -0.2) is 4.79 Å². The second-order valence-electron chi connectivity index (χ2n) is 12.9. The normalized spacial score (nSPS) is 16.7. The lowest BCUT2D eigenvalue weighted by molar-refractivity contribution is -0.146. The van der Waals surface area contributed by atoms with Crippen LogP contribution in [0.15, 0.2) is 24.3 Å². The lowest BCUT2D eigenvalue weighted by Crippen LogP contribution is -2.60. The summed E-state index contributed by atoms with van der Waals surface area (Å²) in [6.07, 6.45) is -2.57. The van der Waals surface area contributed by atoms with Crippen molar-refractivity contribution < 1.29 is 68.7 Å². The highest BCUT2D eigenvalue weighted by Gasteiger charge is 2.41. The zero-order valence-electron chi connectivity index (χ0n) is 29.1. The van der Waals surface area contributed by atoms with E-state index in [9.17, 15) is 63.6 Å². The average molecular weight is 751 g/mol. The van der Waals surface area contributed by atoms with Crippen LogP contribution in [0, 0.1) is 5.92 Å². The molecule has 1 saturated heterocycles. The lowest BCUT2D eigenvalue weighted by atomic mass is 10.0. The number of rotatable bonds is 21. The smallest absolute Gasteiger partial charge is 0.326 e. The van der Waals surface area contributed by atoms with Crippen molar-refractivity contribution in [2.24, 2.45) is 11.7 Å². The number of likely N-dealkylation sites (tertiary alicyclic amines) is 1. The maximum absolute atomic E-state index is 13.7. The van der Waals surface area contributed by atoms with Crippen molar-refractivity contribution in [1.29, 1.82) is 0 Å². The summed E-state index contributed by atoms with van der Waals surface area (Å²) < 4.78 is 0. The van der Waals surface area contributed by atoms with Crippen LogP contribution in [0.3, 0.4) is 0 Å². The number of carbonyl (C=O) groups excluding carboxylic acids is 5. The SMILES string of the molecule is CC(C)C(NC(=O)C(N)CCC(=O)O)C(=O)NC(CC(=O)O)C(=O)N1CCCC1C(=O)NC(CCC(=O)O)C(=O)NC(Cc1ccc(O)cc1)C(=O)O. The average Bonchev–Trinajstić information content (AvgIpc) is 3.57. The third kappa shape index (κ3) is 14.0. The number of phenolic OH excluding ortho intramolecular Hbond substituents is 1.